The van der Waals surface area contributed by atoms with Crippen molar-refractivity contribution in [3.63, 3.8) is 0 Å². The van der Waals surface area contributed by atoms with E-state index < -0.39 is 15.9 Å². The average Bonchev–Trinajstić information content (AvgIpc) is 2.85. The highest BCUT2D eigenvalue weighted by molar-refractivity contribution is 7.89. The van der Waals surface area contributed by atoms with Gasteiger partial charge in [-0.3, -0.25) is 4.79 Å². The van der Waals surface area contributed by atoms with Gasteiger partial charge in [0, 0.05) is 13.5 Å². The molecule has 1 aromatic heterocycles. The van der Waals surface area contributed by atoms with E-state index in [0.29, 0.717) is 18.9 Å². The van der Waals surface area contributed by atoms with Crippen molar-refractivity contribution in [2.24, 2.45) is 5.14 Å². The van der Waals surface area contributed by atoms with Crippen molar-refractivity contribution in [3.8, 4) is 0 Å². The summed E-state index contributed by atoms with van der Waals surface area (Å²) in [6.45, 7) is 1.95. The summed E-state index contributed by atoms with van der Waals surface area (Å²) < 4.78 is 27.2. The zero-order valence-corrected chi connectivity index (χ0v) is 12.1. The second-order valence-corrected chi connectivity index (χ2v) is 5.88. The molecule has 1 amide bonds. The molecule has 0 fully saturated rings. The summed E-state index contributed by atoms with van der Waals surface area (Å²) in [6.07, 6.45) is 0.532. The van der Waals surface area contributed by atoms with Crippen LogP contribution >= 0.6 is 0 Å². The summed E-state index contributed by atoms with van der Waals surface area (Å²) in [5.74, 6) is -0.215. The number of aryl methyl sites for hydroxylation is 1. The fourth-order valence-electron chi connectivity index (χ4n) is 1.63. The Kier molecular flexibility index (Phi) is 4.34. The lowest BCUT2D eigenvalue weighted by Crippen LogP contribution is -2.26. The number of amides is 1. The molecule has 0 spiro atoms. The molecule has 21 heavy (non-hydrogen) atoms. The molecule has 0 radical (unpaired) electrons. The van der Waals surface area contributed by atoms with Gasteiger partial charge in [0.25, 0.3) is 0 Å². The minimum atomic E-state index is -3.68. The Labute approximate surface area is 121 Å². The normalized spacial score (nSPS) is 11.3. The van der Waals surface area contributed by atoms with Crippen LogP contribution in [0.25, 0.3) is 0 Å². The molecule has 0 aliphatic rings. The van der Waals surface area contributed by atoms with E-state index in [1.165, 1.54) is 12.1 Å². The maximum Gasteiger partial charge on any atom is 0.308 e. The van der Waals surface area contributed by atoms with Crippen LogP contribution in [-0.4, -0.2) is 31.1 Å². The number of rotatable bonds is 5. The van der Waals surface area contributed by atoms with Crippen LogP contribution in [0.4, 0.5) is 0 Å². The number of hydrogen-bond donors (Lipinski definition) is 2. The monoisotopic (exact) mass is 310 g/mol. The maximum absolute atomic E-state index is 11.6. The molecule has 0 saturated carbocycles. The first-order valence-electron chi connectivity index (χ1n) is 6.06. The molecule has 0 bridgehead atoms. The van der Waals surface area contributed by atoms with Crippen molar-refractivity contribution in [2.45, 2.75) is 18.2 Å². The van der Waals surface area contributed by atoms with E-state index in [4.69, 9.17) is 9.56 Å². The van der Waals surface area contributed by atoms with Crippen molar-refractivity contribution in [2.75, 3.05) is 6.54 Å². The number of hydrogen-bond acceptors (Lipinski definition) is 6. The summed E-state index contributed by atoms with van der Waals surface area (Å²) in [7, 11) is -3.68. The average molecular weight is 310 g/mol. The Bertz CT molecular complexity index is 737. The van der Waals surface area contributed by atoms with Crippen molar-refractivity contribution >= 4 is 15.9 Å². The van der Waals surface area contributed by atoms with Gasteiger partial charge in [-0.25, -0.2) is 13.6 Å². The molecule has 2 rings (SSSR count). The Morgan fingerprint density at radius 2 is 1.95 bits per heavy atom. The number of nitrogens with two attached hydrogens (primary N) is 1. The Balaban J connectivity index is 1.88. The molecule has 1 heterocycles. The van der Waals surface area contributed by atoms with Crippen LogP contribution in [0.2, 0.25) is 0 Å². The molecule has 9 heteroatoms. The predicted octanol–water partition coefficient (Wildman–Crippen LogP) is -0.00208. The van der Waals surface area contributed by atoms with Gasteiger partial charge < -0.3 is 9.73 Å². The first-order chi connectivity index (χ1) is 9.86. The summed E-state index contributed by atoms with van der Waals surface area (Å²) in [5, 5.41) is 14.8. The van der Waals surface area contributed by atoms with Gasteiger partial charge in [-0.15, -0.1) is 10.2 Å². The van der Waals surface area contributed by atoms with Gasteiger partial charge >= 0.3 is 11.8 Å². The summed E-state index contributed by atoms with van der Waals surface area (Å²) in [5.41, 5.74) is 0.865. The molecular weight excluding hydrogens is 296 g/mol. The quantitative estimate of drug-likeness (QED) is 0.799. The highest BCUT2D eigenvalue weighted by Crippen LogP contribution is 2.09. The summed E-state index contributed by atoms with van der Waals surface area (Å²) in [4.78, 5) is 11.7. The van der Waals surface area contributed by atoms with Gasteiger partial charge in [0.2, 0.25) is 15.9 Å². The standard InChI is InChI=1S/C12H14N4O4S/c1-8-15-16-12(20-8)11(17)14-7-6-9-2-4-10(5-3-9)21(13,18)19/h2-5H,6-7H2,1H3,(H,14,17)(H2,13,18,19). The molecule has 0 aliphatic carbocycles. The van der Waals surface area contributed by atoms with Crippen LogP contribution in [0.15, 0.2) is 33.6 Å². The van der Waals surface area contributed by atoms with Gasteiger partial charge in [0.05, 0.1) is 4.90 Å². The van der Waals surface area contributed by atoms with Gasteiger partial charge in [-0.1, -0.05) is 12.1 Å². The Hall–Kier alpha value is -2.26. The van der Waals surface area contributed by atoms with Gasteiger partial charge in [0.15, 0.2) is 0 Å². The van der Waals surface area contributed by atoms with Crippen molar-refractivity contribution in [1.82, 2.24) is 15.5 Å². The van der Waals surface area contributed by atoms with Crippen LogP contribution in [0.3, 0.4) is 0 Å². The minimum absolute atomic E-state index is 0.0524. The fourth-order valence-corrected chi connectivity index (χ4v) is 2.15. The topological polar surface area (TPSA) is 128 Å². The predicted molar refractivity (Wildman–Crippen MR) is 72.9 cm³/mol. The molecule has 2 aromatic rings. The van der Waals surface area contributed by atoms with E-state index in [-0.39, 0.29) is 10.8 Å². The zero-order chi connectivity index (χ0) is 15.5. The third-order valence-electron chi connectivity index (χ3n) is 2.67. The first-order valence-corrected chi connectivity index (χ1v) is 7.61. The molecule has 8 nitrogen and oxygen atoms in total. The van der Waals surface area contributed by atoms with E-state index in [1.807, 2.05) is 0 Å². The Morgan fingerprint density at radius 1 is 1.29 bits per heavy atom. The van der Waals surface area contributed by atoms with Crippen molar-refractivity contribution < 1.29 is 17.6 Å². The van der Waals surface area contributed by atoms with Crippen molar-refractivity contribution in [1.29, 1.82) is 0 Å². The van der Waals surface area contributed by atoms with Crippen LogP contribution < -0.4 is 10.5 Å². The second kappa shape index (κ2) is 6.02. The molecule has 112 valence electrons. The number of sulfonamides is 1. The third kappa shape index (κ3) is 4.10. The summed E-state index contributed by atoms with van der Waals surface area (Å²) >= 11 is 0. The summed E-state index contributed by atoms with van der Waals surface area (Å²) in [6, 6.07) is 6.13. The molecule has 0 unspecified atom stereocenters. The van der Waals surface area contributed by atoms with E-state index in [2.05, 4.69) is 15.5 Å². The smallest absolute Gasteiger partial charge is 0.308 e. The molecule has 0 atom stereocenters. The lowest BCUT2D eigenvalue weighted by molar-refractivity contribution is 0.0918. The van der Waals surface area contributed by atoms with Crippen LogP contribution in [0.1, 0.15) is 22.1 Å². The highest BCUT2D eigenvalue weighted by Gasteiger charge is 2.12. The number of aromatic nitrogens is 2. The van der Waals surface area contributed by atoms with Gasteiger partial charge in [-0.05, 0) is 24.1 Å². The number of nitrogens with one attached hydrogen (secondary N) is 1. The number of carbonyl (C=O) groups excluding carboxylic acids is 1. The molecule has 1 aromatic carbocycles. The number of benzene rings is 1. The van der Waals surface area contributed by atoms with E-state index in [0.717, 1.165) is 5.56 Å². The fraction of sp³-hybridized carbons (Fsp3) is 0.250. The lowest BCUT2D eigenvalue weighted by Gasteiger charge is -2.04. The third-order valence-corrected chi connectivity index (χ3v) is 3.60. The van der Waals surface area contributed by atoms with Crippen molar-refractivity contribution in [3.05, 3.63) is 41.6 Å². The van der Waals surface area contributed by atoms with E-state index in [9.17, 15) is 13.2 Å². The zero-order valence-electron chi connectivity index (χ0n) is 11.2. The van der Waals surface area contributed by atoms with Crippen LogP contribution in [0, 0.1) is 6.92 Å². The SMILES string of the molecule is Cc1nnc(C(=O)NCCc2ccc(S(N)(=O)=O)cc2)o1. The van der Waals surface area contributed by atoms with Gasteiger partial charge in [-0.2, -0.15) is 0 Å². The largest absolute Gasteiger partial charge is 0.417 e. The van der Waals surface area contributed by atoms with E-state index in [1.54, 1.807) is 19.1 Å². The van der Waals surface area contributed by atoms with Crippen LogP contribution in [0.5, 0.6) is 0 Å². The maximum atomic E-state index is 11.6. The molecule has 0 aliphatic heterocycles. The molecular formula is C12H14N4O4S. The molecule has 0 saturated heterocycles. The lowest BCUT2D eigenvalue weighted by atomic mass is 10.1. The Morgan fingerprint density at radius 3 is 2.48 bits per heavy atom. The van der Waals surface area contributed by atoms with Gasteiger partial charge in [0.1, 0.15) is 0 Å². The first kappa shape index (κ1) is 15.1. The number of primary sulfonamides is 1. The number of carbonyl (C=O) groups is 1. The molecule has 3 N–H and O–H groups in total. The highest BCUT2D eigenvalue weighted by atomic mass is 32.2. The minimum Gasteiger partial charge on any atom is -0.417 e. The van der Waals surface area contributed by atoms with E-state index >= 15 is 0 Å². The van der Waals surface area contributed by atoms with Crippen LogP contribution in [-0.2, 0) is 16.4 Å². The second-order valence-electron chi connectivity index (χ2n) is 4.32. The number of nitrogens with zero attached hydrogens (tertiary/aromatic N) is 2.